The highest BCUT2D eigenvalue weighted by molar-refractivity contribution is 5.83. The van der Waals surface area contributed by atoms with Crippen LogP contribution in [0.4, 0.5) is 4.39 Å². The van der Waals surface area contributed by atoms with Crippen LogP contribution in [0.5, 0.6) is 5.75 Å². The van der Waals surface area contributed by atoms with Crippen molar-refractivity contribution in [3.63, 3.8) is 0 Å². The van der Waals surface area contributed by atoms with E-state index in [1.807, 2.05) is 0 Å². The van der Waals surface area contributed by atoms with Crippen molar-refractivity contribution in [2.45, 2.75) is 19.4 Å². The minimum absolute atomic E-state index is 0.0901. The first-order valence-corrected chi connectivity index (χ1v) is 6.32. The van der Waals surface area contributed by atoms with E-state index in [-0.39, 0.29) is 18.2 Å². The number of benzene rings is 1. The van der Waals surface area contributed by atoms with Gasteiger partial charge in [-0.15, -0.1) is 0 Å². The Hall–Kier alpha value is -2.11. The van der Waals surface area contributed by atoms with E-state index in [9.17, 15) is 14.0 Å². The lowest BCUT2D eigenvalue weighted by molar-refractivity contribution is -0.144. The number of aliphatic carboxylic acids is 1. The Bertz CT molecular complexity index is 546. The molecule has 2 rings (SSSR count). The normalized spacial score (nSPS) is 18.1. The predicted octanol–water partition coefficient (Wildman–Crippen LogP) is 1.31. The van der Waals surface area contributed by atoms with Gasteiger partial charge in [0.2, 0.25) is 0 Å². The van der Waals surface area contributed by atoms with Gasteiger partial charge in [0.25, 0.3) is 5.91 Å². The number of halogens is 1. The fraction of sp³-hybridized carbons (Fsp3) is 0.429. The van der Waals surface area contributed by atoms with E-state index >= 15 is 0 Å². The first-order valence-electron chi connectivity index (χ1n) is 6.32. The summed E-state index contributed by atoms with van der Waals surface area (Å²) in [5.74, 6) is -2.34. The fourth-order valence-corrected chi connectivity index (χ4v) is 2.19. The van der Waals surface area contributed by atoms with Gasteiger partial charge in [-0.05, 0) is 6.07 Å². The van der Waals surface area contributed by atoms with Crippen LogP contribution in [0.15, 0.2) is 18.2 Å². The topological polar surface area (TPSA) is 66.8 Å². The number of carbonyl (C=O) groups excluding carboxylic acids is 1. The van der Waals surface area contributed by atoms with Gasteiger partial charge < -0.3 is 14.7 Å². The van der Waals surface area contributed by atoms with E-state index in [1.54, 1.807) is 12.1 Å². The third-order valence-electron chi connectivity index (χ3n) is 3.33. The summed E-state index contributed by atoms with van der Waals surface area (Å²) < 4.78 is 18.9. The zero-order valence-electron chi connectivity index (χ0n) is 11.3. The highest BCUT2D eigenvalue weighted by Crippen LogP contribution is 2.31. The summed E-state index contributed by atoms with van der Waals surface area (Å²) in [6.07, 6.45) is -0.481. The van der Waals surface area contributed by atoms with Crippen molar-refractivity contribution in [3.8, 4) is 5.75 Å². The number of likely N-dealkylation sites (N-methyl/N-ethyl adjacent to an activating group) is 1. The number of hydrogen-bond acceptors (Lipinski definition) is 3. The molecular weight excluding hydrogens is 265 g/mol. The fourth-order valence-electron chi connectivity index (χ4n) is 2.19. The van der Waals surface area contributed by atoms with E-state index in [1.165, 1.54) is 24.9 Å². The van der Waals surface area contributed by atoms with E-state index in [0.717, 1.165) is 0 Å². The van der Waals surface area contributed by atoms with Gasteiger partial charge in [0.1, 0.15) is 0 Å². The third-order valence-corrected chi connectivity index (χ3v) is 3.33. The molecule has 1 aromatic rings. The first-order chi connectivity index (χ1) is 9.40. The number of rotatable bonds is 4. The monoisotopic (exact) mass is 281 g/mol. The van der Waals surface area contributed by atoms with Crippen LogP contribution in [-0.4, -0.2) is 41.6 Å². The van der Waals surface area contributed by atoms with Crippen LogP contribution >= 0.6 is 0 Å². The second-order valence-corrected chi connectivity index (χ2v) is 5.00. The van der Waals surface area contributed by atoms with Crippen molar-refractivity contribution in [3.05, 3.63) is 29.6 Å². The van der Waals surface area contributed by atoms with Crippen LogP contribution in [0.25, 0.3) is 0 Å². The molecule has 0 saturated carbocycles. The maximum absolute atomic E-state index is 13.5. The number of fused-ring (bicyclic) bond motifs is 1. The minimum atomic E-state index is -0.966. The van der Waals surface area contributed by atoms with Crippen molar-refractivity contribution < 1.29 is 23.8 Å². The standard InChI is InChI=1S/C14H16FNO4/c1-8(14(18)19)7-16(2)13(17)11-6-9-4-3-5-10(15)12(9)20-11/h3-5,8,11H,6-7H2,1-2H3,(H,18,19)/t8-,11+/m0/s1. The molecule has 1 N–H and O–H groups in total. The number of carboxylic acids is 1. The number of hydrogen-bond donors (Lipinski definition) is 1. The van der Waals surface area contributed by atoms with Gasteiger partial charge in [-0.1, -0.05) is 19.1 Å². The van der Waals surface area contributed by atoms with Crippen LogP contribution in [0.3, 0.4) is 0 Å². The summed E-state index contributed by atoms with van der Waals surface area (Å²) in [6, 6.07) is 4.56. The average molecular weight is 281 g/mol. The number of carboxylic acid groups (broad SMARTS) is 1. The molecule has 0 saturated heterocycles. The molecule has 1 aliphatic rings. The summed E-state index contributed by atoms with van der Waals surface area (Å²) in [6.45, 7) is 1.61. The molecule has 6 heteroatoms. The van der Waals surface area contributed by atoms with E-state index in [0.29, 0.717) is 12.0 Å². The second kappa shape index (κ2) is 5.48. The molecular formula is C14H16FNO4. The molecule has 0 aliphatic carbocycles. The lowest BCUT2D eigenvalue weighted by Crippen LogP contribution is -2.42. The molecule has 0 aromatic heterocycles. The van der Waals surface area contributed by atoms with E-state index in [4.69, 9.17) is 9.84 Å². The number of carbonyl (C=O) groups is 2. The Morgan fingerprint density at radius 3 is 2.85 bits per heavy atom. The number of nitrogens with zero attached hydrogens (tertiary/aromatic N) is 1. The molecule has 2 atom stereocenters. The number of ether oxygens (including phenoxy) is 1. The summed E-state index contributed by atoms with van der Waals surface area (Å²) in [7, 11) is 1.52. The van der Waals surface area contributed by atoms with Crippen LogP contribution < -0.4 is 4.74 Å². The Kier molecular flexibility index (Phi) is 3.92. The summed E-state index contributed by atoms with van der Waals surface area (Å²) >= 11 is 0. The summed E-state index contributed by atoms with van der Waals surface area (Å²) in [5, 5.41) is 8.84. The molecule has 108 valence electrons. The molecule has 1 amide bonds. The van der Waals surface area contributed by atoms with Crippen molar-refractivity contribution in [2.24, 2.45) is 5.92 Å². The van der Waals surface area contributed by atoms with Gasteiger partial charge in [0, 0.05) is 25.6 Å². The lowest BCUT2D eigenvalue weighted by Gasteiger charge is -2.22. The molecule has 5 nitrogen and oxygen atoms in total. The Labute approximate surface area is 116 Å². The molecule has 0 unspecified atom stereocenters. The molecule has 20 heavy (non-hydrogen) atoms. The van der Waals surface area contributed by atoms with Crippen LogP contribution in [0.1, 0.15) is 12.5 Å². The van der Waals surface area contributed by atoms with E-state index in [2.05, 4.69) is 0 Å². The molecule has 0 spiro atoms. The minimum Gasteiger partial charge on any atom is -0.481 e. The van der Waals surface area contributed by atoms with Crippen molar-refractivity contribution in [1.29, 1.82) is 0 Å². The molecule has 0 bridgehead atoms. The van der Waals surface area contributed by atoms with Gasteiger partial charge in [-0.25, -0.2) is 4.39 Å². The Morgan fingerprint density at radius 2 is 2.25 bits per heavy atom. The zero-order chi connectivity index (χ0) is 14.9. The van der Waals surface area contributed by atoms with Crippen molar-refractivity contribution in [1.82, 2.24) is 4.90 Å². The van der Waals surface area contributed by atoms with Gasteiger partial charge in [-0.3, -0.25) is 9.59 Å². The highest BCUT2D eigenvalue weighted by atomic mass is 19.1. The zero-order valence-corrected chi connectivity index (χ0v) is 11.3. The highest BCUT2D eigenvalue weighted by Gasteiger charge is 2.33. The molecule has 1 heterocycles. The predicted molar refractivity (Wildman–Crippen MR) is 69.0 cm³/mol. The average Bonchev–Trinajstić information content (AvgIpc) is 2.83. The maximum atomic E-state index is 13.5. The van der Waals surface area contributed by atoms with Crippen LogP contribution in [0.2, 0.25) is 0 Å². The smallest absolute Gasteiger partial charge is 0.308 e. The third kappa shape index (κ3) is 2.74. The molecule has 1 aliphatic heterocycles. The largest absolute Gasteiger partial charge is 0.481 e. The van der Waals surface area contributed by atoms with Gasteiger partial charge >= 0.3 is 5.97 Å². The van der Waals surface area contributed by atoms with Crippen molar-refractivity contribution in [2.75, 3.05) is 13.6 Å². The summed E-state index contributed by atoms with van der Waals surface area (Å²) in [4.78, 5) is 24.3. The van der Waals surface area contributed by atoms with Gasteiger partial charge in [-0.2, -0.15) is 0 Å². The molecule has 0 fully saturated rings. The quantitative estimate of drug-likeness (QED) is 0.903. The van der Waals surface area contributed by atoms with Crippen LogP contribution in [0, 0.1) is 11.7 Å². The Morgan fingerprint density at radius 1 is 1.55 bits per heavy atom. The van der Waals surface area contributed by atoms with Crippen molar-refractivity contribution >= 4 is 11.9 Å². The molecule has 0 radical (unpaired) electrons. The molecule has 1 aromatic carbocycles. The maximum Gasteiger partial charge on any atom is 0.308 e. The number of amides is 1. The number of para-hydroxylation sites is 1. The second-order valence-electron chi connectivity index (χ2n) is 5.00. The first kappa shape index (κ1) is 14.3. The van der Waals surface area contributed by atoms with Gasteiger partial charge in [0.15, 0.2) is 17.7 Å². The van der Waals surface area contributed by atoms with E-state index < -0.39 is 23.8 Å². The summed E-state index contributed by atoms with van der Waals surface area (Å²) in [5.41, 5.74) is 0.656. The Balaban J connectivity index is 2.02. The van der Waals surface area contributed by atoms with Gasteiger partial charge in [0.05, 0.1) is 5.92 Å². The SMILES string of the molecule is C[C@@H](CN(C)C(=O)[C@H]1Cc2cccc(F)c2O1)C(=O)O. The van der Waals surface area contributed by atoms with Crippen LogP contribution in [-0.2, 0) is 16.0 Å². The lowest BCUT2D eigenvalue weighted by atomic mass is 10.1.